The molecule has 42 heavy (non-hydrogen) atoms. The Balaban J connectivity index is 1.89. The van der Waals surface area contributed by atoms with Crippen molar-refractivity contribution in [3.63, 3.8) is 0 Å². The molecule has 0 aliphatic rings. The average Bonchev–Trinajstić information content (AvgIpc) is 2.97. The molecule has 0 saturated carbocycles. The number of carbonyl (C=O) groups is 2. The lowest BCUT2D eigenvalue weighted by Crippen LogP contribution is -2.50. The van der Waals surface area contributed by atoms with Crippen molar-refractivity contribution in [2.45, 2.75) is 52.1 Å². The highest BCUT2D eigenvalue weighted by Crippen LogP contribution is 2.30. The molecule has 1 N–H and O–H groups in total. The molecule has 3 aromatic rings. The monoisotopic (exact) mass is 597 g/mol. The van der Waals surface area contributed by atoms with Crippen molar-refractivity contribution < 1.29 is 27.1 Å². The van der Waals surface area contributed by atoms with E-state index >= 15 is 0 Å². The summed E-state index contributed by atoms with van der Waals surface area (Å²) in [4.78, 5) is 28.7. The molecule has 1 atom stereocenters. The molecular formula is C32H40FN3O5S. The standard InChI is InChI=1S/C32H40FN3O5S/c1-4-21-34-32(38)29(23-25-14-7-6-8-15-25)35(24-26-16-9-10-17-27(26)33)31(37)20-13-22-36(42(3,39)40)28-18-11-12-19-30(28)41-5-2/h6-12,14-19,29H,4-5,13,20-24H2,1-3H3,(H,34,38). The van der Waals surface area contributed by atoms with Crippen molar-refractivity contribution in [3.8, 4) is 5.75 Å². The van der Waals surface area contributed by atoms with Crippen LogP contribution in [0.15, 0.2) is 78.9 Å². The van der Waals surface area contributed by atoms with Crippen LogP contribution in [0.2, 0.25) is 0 Å². The summed E-state index contributed by atoms with van der Waals surface area (Å²) in [6.45, 7) is 4.47. The summed E-state index contributed by atoms with van der Waals surface area (Å²) in [6.07, 6.45) is 2.19. The predicted octanol–water partition coefficient (Wildman–Crippen LogP) is 4.94. The van der Waals surface area contributed by atoms with E-state index in [1.54, 1.807) is 42.5 Å². The van der Waals surface area contributed by atoms with Crippen LogP contribution in [-0.4, -0.2) is 57.1 Å². The van der Waals surface area contributed by atoms with E-state index in [0.29, 0.717) is 24.6 Å². The zero-order valence-electron chi connectivity index (χ0n) is 24.5. The maximum absolute atomic E-state index is 14.8. The average molecular weight is 598 g/mol. The largest absolute Gasteiger partial charge is 0.492 e. The van der Waals surface area contributed by atoms with Crippen molar-refractivity contribution in [2.75, 3.05) is 30.3 Å². The van der Waals surface area contributed by atoms with E-state index in [4.69, 9.17) is 4.74 Å². The molecule has 1 unspecified atom stereocenters. The van der Waals surface area contributed by atoms with Gasteiger partial charge in [0.1, 0.15) is 17.6 Å². The second-order valence-corrected chi connectivity index (χ2v) is 11.9. The second kappa shape index (κ2) is 15.9. The Labute approximate surface area is 248 Å². The number of halogens is 1. The molecule has 0 radical (unpaired) electrons. The van der Waals surface area contributed by atoms with Gasteiger partial charge in [-0.2, -0.15) is 0 Å². The van der Waals surface area contributed by atoms with Gasteiger partial charge in [0.05, 0.1) is 18.6 Å². The van der Waals surface area contributed by atoms with E-state index in [0.717, 1.165) is 18.2 Å². The highest BCUT2D eigenvalue weighted by molar-refractivity contribution is 7.92. The Morgan fingerprint density at radius 3 is 2.29 bits per heavy atom. The molecule has 3 aromatic carbocycles. The van der Waals surface area contributed by atoms with Crippen LogP contribution >= 0.6 is 0 Å². The molecule has 0 fully saturated rings. The molecule has 0 aromatic heterocycles. The summed E-state index contributed by atoms with van der Waals surface area (Å²) in [6, 6.07) is 21.5. The summed E-state index contributed by atoms with van der Waals surface area (Å²) in [5.74, 6) is -0.752. The fourth-order valence-electron chi connectivity index (χ4n) is 4.65. The van der Waals surface area contributed by atoms with Crippen molar-refractivity contribution in [2.24, 2.45) is 0 Å². The first-order valence-electron chi connectivity index (χ1n) is 14.2. The van der Waals surface area contributed by atoms with Crippen LogP contribution < -0.4 is 14.4 Å². The van der Waals surface area contributed by atoms with Gasteiger partial charge in [0, 0.05) is 38.0 Å². The van der Waals surface area contributed by atoms with Crippen LogP contribution in [0, 0.1) is 5.82 Å². The molecule has 0 spiro atoms. The van der Waals surface area contributed by atoms with Gasteiger partial charge < -0.3 is 15.0 Å². The molecule has 0 heterocycles. The quantitative estimate of drug-likeness (QED) is 0.253. The van der Waals surface area contributed by atoms with Crippen LogP contribution in [-0.2, 0) is 32.6 Å². The Morgan fingerprint density at radius 1 is 0.952 bits per heavy atom. The fraction of sp³-hybridized carbons (Fsp3) is 0.375. The number of benzene rings is 3. The maximum Gasteiger partial charge on any atom is 0.243 e. The van der Waals surface area contributed by atoms with Gasteiger partial charge in [-0.3, -0.25) is 13.9 Å². The van der Waals surface area contributed by atoms with Gasteiger partial charge in [0.2, 0.25) is 21.8 Å². The first kappa shape index (κ1) is 32.6. The Kier molecular flexibility index (Phi) is 12.3. The van der Waals surface area contributed by atoms with E-state index in [9.17, 15) is 22.4 Å². The minimum absolute atomic E-state index is 0.0214. The topological polar surface area (TPSA) is 96.0 Å². The number of nitrogens with zero attached hydrogens (tertiary/aromatic N) is 2. The third kappa shape index (κ3) is 9.30. The van der Waals surface area contributed by atoms with Crippen LogP contribution in [0.3, 0.4) is 0 Å². The van der Waals surface area contributed by atoms with Gasteiger partial charge in [-0.1, -0.05) is 67.6 Å². The van der Waals surface area contributed by atoms with Crippen LogP contribution in [0.4, 0.5) is 10.1 Å². The van der Waals surface area contributed by atoms with E-state index in [-0.39, 0.29) is 49.7 Å². The minimum Gasteiger partial charge on any atom is -0.492 e. The third-order valence-corrected chi connectivity index (χ3v) is 7.88. The Morgan fingerprint density at radius 2 is 1.62 bits per heavy atom. The number of nitrogens with one attached hydrogen (secondary N) is 1. The highest BCUT2D eigenvalue weighted by atomic mass is 32.2. The molecule has 0 bridgehead atoms. The number of hydrogen-bond donors (Lipinski definition) is 1. The highest BCUT2D eigenvalue weighted by Gasteiger charge is 2.31. The normalized spacial score (nSPS) is 11.9. The molecule has 226 valence electrons. The number of sulfonamides is 1. The summed E-state index contributed by atoms with van der Waals surface area (Å²) in [7, 11) is -3.70. The van der Waals surface area contributed by atoms with Crippen LogP contribution in [0.5, 0.6) is 5.75 Å². The number of anilines is 1. The number of ether oxygens (including phenoxy) is 1. The van der Waals surface area contributed by atoms with E-state index in [1.807, 2.05) is 44.2 Å². The smallest absolute Gasteiger partial charge is 0.243 e. The molecular weight excluding hydrogens is 557 g/mol. The van der Waals surface area contributed by atoms with Crippen molar-refractivity contribution in [1.82, 2.24) is 10.2 Å². The summed E-state index contributed by atoms with van der Waals surface area (Å²) in [5, 5.41) is 2.89. The number of amides is 2. The lowest BCUT2D eigenvalue weighted by Gasteiger charge is -2.32. The van der Waals surface area contributed by atoms with Gasteiger partial charge >= 0.3 is 0 Å². The Hall–Kier alpha value is -3.92. The number of para-hydroxylation sites is 2. The van der Waals surface area contributed by atoms with Crippen LogP contribution in [0.25, 0.3) is 0 Å². The molecule has 8 nitrogen and oxygen atoms in total. The molecule has 10 heteroatoms. The summed E-state index contributed by atoms with van der Waals surface area (Å²) >= 11 is 0. The molecule has 3 rings (SSSR count). The summed E-state index contributed by atoms with van der Waals surface area (Å²) < 4.78 is 47.1. The van der Waals surface area contributed by atoms with Crippen molar-refractivity contribution in [3.05, 3.63) is 95.8 Å². The Bertz CT molecular complexity index is 1420. The molecule has 2 amide bonds. The fourth-order valence-corrected chi connectivity index (χ4v) is 5.62. The first-order valence-corrected chi connectivity index (χ1v) is 16.0. The van der Waals surface area contributed by atoms with Gasteiger partial charge in [-0.25, -0.2) is 12.8 Å². The number of hydrogen-bond acceptors (Lipinski definition) is 5. The number of carbonyl (C=O) groups excluding carboxylic acids is 2. The van der Waals surface area contributed by atoms with Gasteiger partial charge in [0.25, 0.3) is 0 Å². The zero-order valence-corrected chi connectivity index (χ0v) is 25.3. The first-order chi connectivity index (χ1) is 20.2. The van der Waals surface area contributed by atoms with Gasteiger partial charge in [-0.15, -0.1) is 0 Å². The van der Waals surface area contributed by atoms with Gasteiger partial charge in [-0.05, 0) is 43.5 Å². The van der Waals surface area contributed by atoms with E-state index < -0.39 is 21.9 Å². The van der Waals surface area contributed by atoms with Crippen molar-refractivity contribution >= 4 is 27.5 Å². The lowest BCUT2D eigenvalue weighted by molar-refractivity contribution is -0.141. The van der Waals surface area contributed by atoms with Gasteiger partial charge in [0.15, 0.2) is 0 Å². The SMILES string of the molecule is CCCNC(=O)C(Cc1ccccc1)N(Cc1ccccc1F)C(=O)CCCN(c1ccccc1OCC)S(C)(=O)=O. The predicted molar refractivity (Wildman–Crippen MR) is 163 cm³/mol. The molecule has 0 saturated heterocycles. The zero-order chi connectivity index (χ0) is 30.5. The van der Waals surface area contributed by atoms with Crippen LogP contribution in [0.1, 0.15) is 44.2 Å². The van der Waals surface area contributed by atoms with E-state index in [1.165, 1.54) is 15.3 Å². The van der Waals surface area contributed by atoms with Crippen molar-refractivity contribution in [1.29, 1.82) is 0 Å². The van der Waals surface area contributed by atoms with E-state index in [2.05, 4.69) is 5.32 Å². The number of rotatable bonds is 16. The third-order valence-electron chi connectivity index (χ3n) is 6.70. The minimum atomic E-state index is -3.70. The molecule has 0 aliphatic heterocycles. The maximum atomic E-state index is 14.8. The summed E-state index contributed by atoms with van der Waals surface area (Å²) in [5.41, 5.74) is 1.53. The lowest BCUT2D eigenvalue weighted by atomic mass is 10.0. The second-order valence-electron chi connectivity index (χ2n) is 9.95. The molecule has 0 aliphatic carbocycles.